The number of fused-ring (bicyclic) bond motifs is 1. The van der Waals surface area contributed by atoms with Crippen molar-refractivity contribution in [3.8, 4) is 0 Å². The molecule has 0 bridgehead atoms. The van der Waals surface area contributed by atoms with E-state index in [1.165, 1.54) is 12.1 Å². The number of nitrogens with zero attached hydrogens (tertiary/aromatic N) is 1. The SMILES string of the molecule is Cc1nc2ccc(NC(=O)Cc3ccc(F)cc3)cc2[nH]1. The topological polar surface area (TPSA) is 57.8 Å². The predicted octanol–water partition coefficient (Wildman–Crippen LogP) is 3.19. The molecule has 2 aromatic carbocycles. The van der Waals surface area contributed by atoms with Gasteiger partial charge in [0, 0.05) is 5.69 Å². The normalized spacial score (nSPS) is 10.8. The average molecular weight is 283 g/mol. The molecule has 5 heteroatoms. The van der Waals surface area contributed by atoms with Crippen LogP contribution in [0.2, 0.25) is 0 Å². The number of aromatic amines is 1. The number of H-pyrrole nitrogens is 1. The number of aryl methyl sites for hydroxylation is 1. The fourth-order valence-corrected chi connectivity index (χ4v) is 2.21. The molecule has 0 aliphatic carbocycles. The minimum absolute atomic E-state index is 0.141. The number of halogens is 1. The van der Waals surface area contributed by atoms with Crippen molar-refractivity contribution in [3.63, 3.8) is 0 Å². The van der Waals surface area contributed by atoms with E-state index in [-0.39, 0.29) is 18.1 Å². The number of carbonyl (C=O) groups excluding carboxylic acids is 1. The number of benzene rings is 2. The molecule has 3 aromatic rings. The van der Waals surface area contributed by atoms with Gasteiger partial charge in [0.2, 0.25) is 5.91 Å². The first-order chi connectivity index (χ1) is 10.1. The average Bonchev–Trinajstić information content (AvgIpc) is 2.80. The molecule has 0 atom stereocenters. The van der Waals surface area contributed by atoms with Crippen molar-refractivity contribution in [2.45, 2.75) is 13.3 Å². The maximum Gasteiger partial charge on any atom is 0.228 e. The number of carbonyl (C=O) groups is 1. The van der Waals surface area contributed by atoms with Gasteiger partial charge < -0.3 is 10.3 Å². The van der Waals surface area contributed by atoms with Gasteiger partial charge in [-0.1, -0.05) is 12.1 Å². The van der Waals surface area contributed by atoms with E-state index in [0.717, 1.165) is 22.4 Å². The summed E-state index contributed by atoms with van der Waals surface area (Å²) in [5, 5.41) is 2.83. The molecule has 0 saturated carbocycles. The predicted molar refractivity (Wildman–Crippen MR) is 79.6 cm³/mol. The smallest absolute Gasteiger partial charge is 0.228 e. The van der Waals surface area contributed by atoms with Gasteiger partial charge in [0.25, 0.3) is 0 Å². The third-order valence-electron chi connectivity index (χ3n) is 3.16. The second kappa shape index (κ2) is 5.36. The first-order valence-electron chi connectivity index (χ1n) is 6.61. The molecule has 21 heavy (non-hydrogen) atoms. The van der Waals surface area contributed by atoms with Crippen LogP contribution in [0.1, 0.15) is 11.4 Å². The van der Waals surface area contributed by atoms with Gasteiger partial charge in [0.15, 0.2) is 0 Å². The highest BCUT2D eigenvalue weighted by molar-refractivity contribution is 5.94. The summed E-state index contributed by atoms with van der Waals surface area (Å²) in [6.07, 6.45) is 0.209. The Kier molecular flexibility index (Phi) is 3.39. The fourth-order valence-electron chi connectivity index (χ4n) is 2.21. The number of nitrogens with one attached hydrogen (secondary N) is 2. The van der Waals surface area contributed by atoms with Gasteiger partial charge >= 0.3 is 0 Å². The summed E-state index contributed by atoms with van der Waals surface area (Å²) in [5.74, 6) is 0.385. The lowest BCUT2D eigenvalue weighted by atomic mass is 10.1. The van der Waals surface area contributed by atoms with E-state index in [1.54, 1.807) is 12.1 Å². The first kappa shape index (κ1) is 13.3. The summed E-state index contributed by atoms with van der Waals surface area (Å²) >= 11 is 0. The van der Waals surface area contributed by atoms with Gasteiger partial charge in [-0.05, 0) is 42.8 Å². The highest BCUT2D eigenvalue weighted by Gasteiger charge is 2.06. The van der Waals surface area contributed by atoms with E-state index in [4.69, 9.17) is 0 Å². The van der Waals surface area contributed by atoms with Gasteiger partial charge in [-0.3, -0.25) is 4.79 Å². The van der Waals surface area contributed by atoms with Gasteiger partial charge in [0.05, 0.1) is 17.5 Å². The summed E-state index contributed by atoms with van der Waals surface area (Å²) < 4.78 is 12.8. The van der Waals surface area contributed by atoms with Crippen molar-refractivity contribution in [3.05, 3.63) is 59.7 Å². The van der Waals surface area contributed by atoms with Crippen molar-refractivity contribution in [1.82, 2.24) is 9.97 Å². The van der Waals surface area contributed by atoms with Crippen LogP contribution < -0.4 is 5.32 Å². The molecule has 0 aliphatic heterocycles. The molecule has 2 N–H and O–H groups in total. The van der Waals surface area contributed by atoms with Gasteiger partial charge in [-0.15, -0.1) is 0 Å². The highest BCUT2D eigenvalue weighted by Crippen LogP contribution is 2.17. The minimum atomic E-state index is -0.306. The standard InChI is InChI=1S/C16H14FN3O/c1-10-18-14-7-6-13(9-15(14)19-10)20-16(21)8-11-2-4-12(17)5-3-11/h2-7,9H,8H2,1H3,(H,18,19)(H,20,21). The van der Waals surface area contributed by atoms with Crippen molar-refractivity contribution in [1.29, 1.82) is 0 Å². The Labute approximate surface area is 121 Å². The molecule has 0 radical (unpaired) electrons. The zero-order valence-corrected chi connectivity index (χ0v) is 11.5. The second-order valence-corrected chi connectivity index (χ2v) is 4.91. The number of hydrogen-bond acceptors (Lipinski definition) is 2. The largest absolute Gasteiger partial charge is 0.342 e. The molecule has 4 nitrogen and oxygen atoms in total. The molecular weight excluding hydrogens is 269 g/mol. The quantitative estimate of drug-likeness (QED) is 0.775. The number of imidazole rings is 1. The van der Waals surface area contributed by atoms with Crippen LogP contribution in [0.4, 0.5) is 10.1 Å². The Bertz CT molecular complexity index is 793. The molecule has 3 rings (SSSR count). The Morgan fingerprint density at radius 2 is 2.00 bits per heavy atom. The molecule has 106 valence electrons. The van der Waals surface area contributed by atoms with E-state index in [0.29, 0.717) is 5.69 Å². The van der Waals surface area contributed by atoms with Crippen molar-refractivity contribution < 1.29 is 9.18 Å². The van der Waals surface area contributed by atoms with Gasteiger partial charge in [-0.2, -0.15) is 0 Å². The van der Waals surface area contributed by atoms with E-state index < -0.39 is 0 Å². The van der Waals surface area contributed by atoms with Crippen LogP contribution in [0.25, 0.3) is 11.0 Å². The van der Waals surface area contributed by atoms with Crippen LogP contribution in [0.5, 0.6) is 0 Å². The Morgan fingerprint density at radius 3 is 2.76 bits per heavy atom. The summed E-state index contributed by atoms with van der Waals surface area (Å²) in [7, 11) is 0. The van der Waals surface area contributed by atoms with E-state index in [9.17, 15) is 9.18 Å². The Morgan fingerprint density at radius 1 is 1.24 bits per heavy atom. The lowest BCUT2D eigenvalue weighted by Gasteiger charge is -2.05. The molecule has 0 spiro atoms. The highest BCUT2D eigenvalue weighted by atomic mass is 19.1. The van der Waals surface area contributed by atoms with Gasteiger partial charge in [0.1, 0.15) is 11.6 Å². The zero-order valence-electron chi connectivity index (χ0n) is 11.5. The minimum Gasteiger partial charge on any atom is -0.342 e. The summed E-state index contributed by atoms with van der Waals surface area (Å²) in [4.78, 5) is 19.4. The molecule has 1 aromatic heterocycles. The third kappa shape index (κ3) is 3.08. The lowest BCUT2D eigenvalue weighted by Crippen LogP contribution is -2.14. The summed E-state index contributed by atoms with van der Waals surface area (Å²) in [5.41, 5.74) is 3.22. The molecule has 1 amide bonds. The van der Waals surface area contributed by atoms with Crippen LogP contribution in [0, 0.1) is 12.7 Å². The van der Waals surface area contributed by atoms with E-state index in [1.807, 2.05) is 25.1 Å². The molecule has 1 heterocycles. The maximum absolute atomic E-state index is 12.8. The molecule has 0 fully saturated rings. The van der Waals surface area contributed by atoms with Crippen LogP contribution in [0.15, 0.2) is 42.5 Å². The summed E-state index contributed by atoms with van der Waals surface area (Å²) in [6.45, 7) is 1.88. The molecule has 0 saturated heterocycles. The van der Waals surface area contributed by atoms with Gasteiger partial charge in [-0.25, -0.2) is 9.37 Å². The fraction of sp³-hybridized carbons (Fsp3) is 0.125. The third-order valence-corrected chi connectivity index (χ3v) is 3.16. The monoisotopic (exact) mass is 283 g/mol. The van der Waals surface area contributed by atoms with E-state index >= 15 is 0 Å². The summed E-state index contributed by atoms with van der Waals surface area (Å²) in [6, 6.07) is 11.4. The number of hydrogen-bond donors (Lipinski definition) is 2. The zero-order chi connectivity index (χ0) is 14.8. The second-order valence-electron chi connectivity index (χ2n) is 4.91. The molecule has 0 unspecified atom stereocenters. The Hall–Kier alpha value is -2.69. The lowest BCUT2D eigenvalue weighted by molar-refractivity contribution is -0.115. The molecule has 0 aliphatic rings. The number of amides is 1. The van der Waals surface area contributed by atoms with E-state index in [2.05, 4.69) is 15.3 Å². The first-order valence-corrected chi connectivity index (χ1v) is 6.61. The van der Waals surface area contributed by atoms with Crippen LogP contribution >= 0.6 is 0 Å². The molecular formula is C16H14FN3O. The van der Waals surface area contributed by atoms with Crippen molar-refractivity contribution in [2.24, 2.45) is 0 Å². The van der Waals surface area contributed by atoms with Crippen molar-refractivity contribution >= 4 is 22.6 Å². The number of rotatable bonds is 3. The maximum atomic E-state index is 12.8. The van der Waals surface area contributed by atoms with Crippen LogP contribution in [-0.2, 0) is 11.2 Å². The van der Waals surface area contributed by atoms with Crippen LogP contribution in [0.3, 0.4) is 0 Å². The number of aromatic nitrogens is 2. The number of anilines is 1. The Balaban J connectivity index is 1.71. The van der Waals surface area contributed by atoms with Crippen molar-refractivity contribution in [2.75, 3.05) is 5.32 Å². The van der Waals surface area contributed by atoms with Crippen LogP contribution in [-0.4, -0.2) is 15.9 Å².